The number of thiol groups is 1. The summed E-state index contributed by atoms with van der Waals surface area (Å²) in [6.45, 7) is 0.563. The summed E-state index contributed by atoms with van der Waals surface area (Å²) in [7, 11) is 3.84. The lowest BCUT2D eigenvalue weighted by Gasteiger charge is -2.28. The molecule has 0 saturated heterocycles. The maximum Gasteiger partial charge on any atom is 0.235 e. The second kappa shape index (κ2) is 7.05. The van der Waals surface area contributed by atoms with E-state index < -0.39 is 6.04 Å². The van der Waals surface area contributed by atoms with Crippen LogP contribution in [0.3, 0.4) is 0 Å². The van der Waals surface area contributed by atoms with Crippen molar-refractivity contribution in [2.24, 2.45) is 11.5 Å². The van der Waals surface area contributed by atoms with Gasteiger partial charge in [0.05, 0.1) is 12.2 Å². The molecule has 1 unspecified atom stereocenters. The van der Waals surface area contributed by atoms with Gasteiger partial charge in [-0.1, -0.05) is 0 Å². The molecule has 84 valence electrons. The van der Waals surface area contributed by atoms with E-state index in [9.17, 15) is 4.79 Å². The summed E-state index contributed by atoms with van der Waals surface area (Å²) < 4.78 is 0. The number of nitrogens with one attached hydrogen (secondary N) is 1. The lowest BCUT2D eigenvalue weighted by atomic mass is 10.2. The molecule has 1 amide bonds. The van der Waals surface area contributed by atoms with E-state index in [-0.39, 0.29) is 12.1 Å². The number of amides is 1. The Morgan fingerprint density at radius 1 is 1.57 bits per heavy atom. The lowest BCUT2D eigenvalue weighted by molar-refractivity contribution is -0.119. The van der Waals surface area contributed by atoms with Crippen LogP contribution in [0.5, 0.6) is 0 Å². The van der Waals surface area contributed by atoms with Gasteiger partial charge >= 0.3 is 0 Å². The number of rotatable bonds is 7. The minimum absolute atomic E-state index is 0.0599. The fourth-order valence-electron chi connectivity index (χ4n) is 1.11. The Kier molecular flexibility index (Phi) is 6.90. The Hall–Kier alpha value is -0.300. The Morgan fingerprint density at radius 3 is 2.43 bits per heavy atom. The molecule has 0 aromatic heterocycles. The normalized spacial score (nSPS) is 15.5. The van der Waals surface area contributed by atoms with Gasteiger partial charge in [-0.15, -0.1) is 0 Å². The molecule has 0 bridgehead atoms. The van der Waals surface area contributed by atoms with Crippen molar-refractivity contribution in [1.82, 2.24) is 10.2 Å². The van der Waals surface area contributed by atoms with Gasteiger partial charge in [0.15, 0.2) is 0 Å². The minimum Gasteiger partial charge on any atom is -0.368 e. The standard InChI is InChI=1S/C8H20N4OS/c1-12(2)7(3-4-9)11-6(5-14)8(10)13/h6-7,11,14H,3-5,9H2,1-2H3,(H2,10,13)/t6-,7?/m0/s1. The Bertz CT molecular complexity index is 177. The van der Waals surface area contributed by atoms with Gasteiger partial charge in [-0.25, -0.2) is 0 Å². The fourth-order valence-corrected chi connectivity index (χ4v) is 1.39. The zero-order valence-corrected chi connectivity index (χ0v) is 9.63. The molecular weight excluding hydrogens is 200 g/mol. The van der Waals surface area contributed by atoms with Crippen LogP contribution < -0.4 is 16.8 Å². The van der Waals surface area contributed by atoms with E-state index in [1.54, 1.807) is 0 Å². The highest BCUT2D eigenvalue weighted by atomic mass is 32.1. The Labute approximate surface area is 90.6 Å². The zero-order chi connectivity index (χ0) is 11.1. The van der Waals surface area contributed by atoms with Crippen LogP contribution in [-0.4, -0.2) is 49.4 Å². The topological polar surface area (TPSA) is 84.4 Å². The number of hydrogen-bond acceptors (Lipinski definition) is 5. The van der Waals surface area contributed by atoms with Gasteiger partial charge in [0, 0.05) is 5.75 Å². The summed E-state index contributed by atoms with van der Waals surface area (Å²) in [4.78, 5) is 12.9. The zero-order valence-electron chi connectivity index (χ0n) is 8.73. The molecule has 0 aliphatic carbocycles. The minimum atomic E-state index is -0.405. The first-order valence-electron chi connectivity index (χ1n) is 4.55. The van der Waals surface area contributed by atoms with E-state index in [4.69, 9.17) is 11.5 Å². The van der Waals surface area contributed by atoms with Crippen LogP contribution in [-0.2, 0) is 4.79 Å². The van der Waals surface area contributed by atoms with Crippen molar-refractivity contribution in [3.63, 3.8) is 0 Å². The highest BCUT2D eigenvalue weighted by Crippen LogP contribution is 1.97. The molecule has 0 aromatic rings. The molecule has 0 spiro atoms. The summed E-state index contributed by atoms with van der Waals surface area (Å²) in [5.74, 6) is 0.00780. The molecule has 0 radical (unpaired) electrons. The smallest absolute Gasteiger partial charge is 0.235 e. The van der Waals surface area contributed by atoms with Gasteiger partial charge < -0.3 is 11.5 Å². The maximum absolute atomic E-state index is 11.0. The van der Waals surface area contributed by atoms with E-state index in [0.29, 0.717) is 12.3 Å². The molecule has 14 heavy (non-hydrogen) atoms. The molecule has 0 fully saturated rings. The molecule has 0 heterocycles. The van der Waals surface area contributed by atoms with Crippen molar-refractivity contribution < 1.29 is 4.79 Å². The highest BCUT2D eigenvalue weighted by Gasteiger charge is 2.19. The number of carbonyl (C=O) groups excluding carboxylic acids is 1. The molecular formula is C8H20N4OS. The Morgan fingerprint density at radius 2 is 2.14 bits per heavy atom. The third-order valence-electron chi connectivity index (χ3n) is 1.98. The largest absolute Gasteiger partial charge is 0.368 e. The highest BCUT2D eigenvalue weighted by molar-refractivity contribution is 7.80. The summed E-state index contributed by atoms with van der Waals surface area (Å²) >= 11 is 4.05. The average Bonchev–Trinajstić information content (AvgIpc) is 2.11. The van der Waals surface area contributed by atoms with Crippen LogP contribution in [0.1, 0.15) is 6.42 Å². The van der Waals surface area contributed by atoms with Gasteiger partial charge in [-0.2, -0.15) is 12.6 Å². The summed E-state index contributed by atoms with van der Waals surface area (Å²) in [6.07, 6.45) is 0.828. The predicted molar refractivity (Wildman–Crippen MR) is 61.1 cm³/mol. The number of primary amides is 1. The molecule has 2 atom stereocenters. The predicted octanol–water partition coefficient (Wildman–Crippen LogP) is -1.40. The SMILES string of the molecule is CN(C)C(CCN)N[C@@H](CS)C(N)=O. The van der Waals surface area contributed by atoms with Crippen LogP contribution in [0.2, 0.25) is 0 Å². The van der Waals surface area contributed by atoms with Crippen LogP contribution >= 0.6 is 12.6 Å². The second-order valence-electron chi connectivity index (χ2n) is 3.36. The molecule has 0 saturated carbocycles. The molecule has 0 aliphatic rings. The van der Waals surface area contributed by atoms with E-state index >= 15 is 0 Å². The van der Waals surface area contributed by atoms with E-state index in [0.717, 1.165) is 6.42 Å². The number of nitrogens with two attached hydrogens (primary N) is 2. The summed E-state index contributed by atoms with van der Waals surface area (Å²) in [5, 5.41) is 3.10. The quantitative estimate of drug-likeness (QED) is 0.314. The third kappa shape index (κ3) is 4.80. The first-order valence-corrected chi connectivity index (χ1v) is 5.18. The maximum atomic E-state index is 11.0. The Balaban J connectivity index is 4.18. The molecule has 6 heteroatoms. The van der Waals surface area contributed by atoms with Crippen molar-refractivity contribution in [2.45, 2.75) is 18.6 Å². The summed E-state index contributed by atoms with van der Waals surface area (Å²) in [6, 6.07) is -0.405. The first kappa shape index (κ1) is 13.7. The molecule has 5 nitrogen and oxygen atoms in total. The van der Waals surface area contributed by atoms with Crippen molar-refractivity contribution in [3.05, 3.63) is 0 Å². The van der Waals surface area contributed by atoms with Crippen molar-refractivity contribution >= 4 is 18.5 Å². The average molecular weight is 220 g/mol. The van der Waals surface area contributed by atoms with E-state index in [1.807, 2.05) is 19.0 Å². The van der Waals surface area contributed by atoms with Crippen LogP contribution in [0.25, 0.3) is 0 Å². The van der Waals surface area contributed by atoms with E-state index in [1.165, 1.54) is 0 Å². The van der Waals surface area contributed by atoms with Crippen LogP contribution in [0.15, 0.2) is 0 Å². The van der Waals surface area contributed by atoms with Crippen LogP contribution in [0.4, 0.5) is 0 Å². The van der Waals surface area contributed by atoms with Gasteiger partial charge in [0.25, 0.3) is 0 Å². The summed E-state index contributed by atoms with van der Waals surface area (Å²) in [5.41, 5.74) is 10.7. The molecule has 0 aromatic carbocycles. The van der Waals surface area contributed by atoms with Gasteiger partial charge in [0.2, 0.25) is 5.91 Å². The molecule has 0 aliphatic heterocycles. The van der Waals surface area contributed by atoms with Crippen molar-refractivity contribution in [1.29, 1.82) is 0 Å². The second-order valence-corrected chi connectivity index (χ2v) is 3.73. The van der Waals surface area contributed by atoms with Crippen LogP contribution in [0, 0.1) is 0 Å². The van der Waals surface area contributed by atoms with Gasteiger partial charge in [-0.05, 0) is 27.1 Å². The first-order chi connectivity index (χ1) is 6.52. The van der Waals surface area contributed by atoms with Crippen molar-refractivity contribution in [2.75, 3.05) is 26.4 Å². The number of hydrogen-bond donors (Lipinski definition) is 4. The molecule has 0 rings (SSSR count). The third-order valence-corrected chi connectivity index (χ3v) is 2.35. The number of nitrogens with zero attached hydrogens (tertiary/aromatic N) is 1. The van der Waals surface area contributed by atoms with Crippen molar-refractivity contribution in [3.8, 4) is 0 Å². The van der Waals surface area contributed by atoms with Gasteiger partial charge in [0.1, 0.15) is 0 Å². The fraction of sp³-hybridized carbons (Fsp3) is 0.875. The lowest BCUT2D eigenvalue weighted by Crippen LogP contribution is -2.53. The van der Waals surface area contributed by atoms with E-state index in [2.05, 4.69) is 17.9 Å². The number of carbonyl (C=O) groups is 1. The van der Waals surface area contributed by atoms with Gasteiger partial charge in [-0.3, -0.25) is 15.0 Å². The molecule has 5 N–H and O–H groups in total. The monoisotopic (exact) mass is 220 g/mol.